The van der Waals surface area contributed by atoms with Gasteiger partial charge in [0.25, 0.3) is 0 Å². The van der Waals surface area contributed by atoms with Crippen LogP contribution in [0.15, 0.2) is 146 Å². The van der Waals surface area contributed by atoms with Crippen molar-refractivity contribution in [1.82, 2.24) is 0 Å². The first-order valence-electron chi connectivity index (χ1n) is 14.5. The fourth-order valence-electron chi connectivity index (χ4n) is 5.95. The van der Waals surface area contributed by atoms with Crippen LogP contribution in [0.2, 0.25) is 0 Å². The second kappa shape index (κ2) is 11.8. The van der Waals surface area contributed by atoms with Crippen LogP contribution in [0.25, 0.3) is 11.1 Å². The number of benzene rings is 6. The molecule has 0 saturated carbocycles. The largest absolute Gasteiger partial charge is 0.454 e. The van der Waals surface area contributed by atoms with Crippen LogP contribution in [0.1, 0.15) is 0 Å². The molecule has 0 aliphatic carbocycles. The van der Waals surface area contributed by atoms with Crippen molar-refractivity contribution in [1.29, 1.82) is 0 Å². The Labute approximate surface area is 259 Å². The molecule has 0 unspecified atom stereocenters. The Hall–Kier alpha value is -4.62. The van der Waals surface area contributed by atoms with Crippen molar-refractivity contribution in [3.05, 3.63) is 146 Å². The van der Waals surface area contributed by atoms with Crippen molar-refractivity contribution in [2.45, 2.75) is 0 Å². The van der Waals surface area contributed by atoms with E-state index < -0.39 is 15.8 Å². The topological polar surface area (TPSA) is 36.9 Å². The van der Waals surface area contributed by atoms with Gasteiger partial charge in [0.1, 0.15) is 0 Å². The molecular formula is C38H28O4P2. The summed E-state index contributed by atoms with van der Waals surface area (Å²) in [5.41, 5.74) is 2.42. The molecule has 0 saturated heterocycles. The number of rotatable bonds is 7. The van der Waals surface area contributed by atoms with Crippen LogP contribution in [0.3, 0.4) is 0 Å². The highest BCUT2D eigenvalue weighted by molar-refractivity contribution is 7.81. The minimum atomic E-state index is -1.14. The normalized spacial score (nSPS) is 13.0. The summed E-state index contributed by atoms with van der Waals surface area (Å²) in [7, 11) is -1.96. The molecule has 6 aromatic carbocycles. The molecule has 0 fully saturated rings. The highest BCUT2D eigenvalue weighted by Crippen LogP contribution is 2.48. The lowest BCUT2D eigenvalue weighted by atomic mass is 10.1. The third kappa shape index (κ3) is 4.81. The van der Waals surface area contributed by atoms with Gasteiger partial charge in [-0.15, -0.1) is 0 Å². The summed E-state index contributed by atoms with van der Waals surface area (Å²) in [4.78, 5) is 0. The lowest BCUT2D eigenvalue weighted by Crippen LogP contribution is -2.26. The highest BCUT2D eigenvalue weighted by Gasteiger charge is 2.32. The Morgan fingerprint density at radius 1 is 0.341 bits per heavy atom. The van der Waals surface area contributed by atoms with Crippen molar-refractivity contribution >= 4 is 47.7 Å². The first kappa shape index (κ1) is 27.0. The van der Waals surface area contributed by atoms with Gasteiger partial charge in [-0.05, 0) is 72.5 Å². The molecule has 2 aliphatic rings. The van der Waals surface area contributed by atoms with Gasteiger partial charge in [0, 0.05) is 10.6 Å². The van der Waals surface area contributed by atoms with Crippen molar-refractivity contribution in [2.75, 3.05) is 13.6 Å². The molecular weight excluding hydrogens is 582 g/mol. The molecule has 0 bridgehead atoms. The van der Waals surface area contributed by atoms with Gasteiger partial charge in [-0.25, -0.2) is 0 Å². The fourth-order valence-corrected chi connectivity index (χ4v) is 11.1. The molecule has 8 rings (SSSR count). The maximum absolute atomic E-state index is 6.12. The van der Waals surface area contributed by atoms with Crippen LogP contribution in [-0.4, -0.2) is 13.6 Å². The minimum absolute atomic E-state index is 0.213. The molecule has 2 aliphatic heterocycles. The molecule has 0 atom stereocenters. The molecule has 214 valence electrons. The quantitative estimate of drug-likeness (QED) is 0.198. The average molecular weight is 611 g/mol. The third-order valence-corrected chi connectivity index (χ3v) is 12.9. The van der Waals surface area contributed by atoms with Crippen molar-refractivity contribution < 1.29 is 18.9 Å². The number of hydrogen-bond acceptors (Lipinski definition) is 4. The highest BCUT2D eigenvalue weighted by atomic mass is 31.1. The summed E-state index contributed by atoms with van der Waals surface area (Å²) in [6.07, 6.45) is 0. The molecule has 2 heterocycles. The number of hydrogen-bond donors (Lipinski definition) is 0. The average Bonchev–Trinajstić information content (AvgIpc) is 3.78. The summed E-state index contributed by atoms with van der Waals surface area (Å²) in [5.74, 6) is 3.15. The van der Waals surface area contributed by atoms with E-state index in [1.54, 1.807) is 0 Å². The molecule has 0 aromatic heterocycles. The molecule has 4 nitrogen and oxygen atoms in total. The second-order valence-electron chi connectivity index (χ2n) is 10.4. The summed E-state index contributed by atoms with van der Waals surface area (Å²) < 4.78 is 23.9. The molecule has 0 spiro atoms. The fraction of sp³-hybridized carbons (Fsp3) is 0.0526. The zero-order chi connectivity index (χ0) is 29.3. The van der Waals surface area contributed by atoms with Crippen LogP contribution in [0.4, 0.5) is 0 Å². The van der Waals surface area contributed by atoms with E-state index in [0.29, 0.717) is 0 Å². The van der Waals surface area contributed by atoms with E-state index in [-0.39, 0.29) is 13.6 Å². The van der Waals surface area contributed by atoms with Gasteiger partial charge >= 0.3 is 0 Å². The second-order valence-corrected chi connectivity index (χ2v) is 14.7. The van der Waals surface area contributed by atoms with Gasteiger partial charge in [-0.1, -0.05) is 121 Å². The molecule has 0 N–H and O–H groups in total. The van der Waals surface area contributed by atoms with E-state index in [1.807, 2.05) is 12.1 Å². The number of fused-ring (bicyclic) bond motifs is 2. The van der Waals surface area contributed by atoms with Crippen LogP contribution >= 0.6 is 15.8 Å². The van der Waals surface area contributed by atoms with Gasteiger partial charge in [-0.3, -0.25) is 0 Å². The van der Waals surface area contributed by atoms with E-state index in [2.05, 4.69) is 133 Å². The van der Waals surface area contributed by atoms with Gasteiger partial charge in [0.05, 0.1) is 0 Å². The van der Waals surface area contributed by atoms with Crippen molar-refractivity contribution in [3.8, 4) is 34.1 Å². The Balaban J connectivity index is 1.37. The zero-order valence-electron chi connectivity index (χ0n) is 23.8. The SMILES string of the molecule is c1ccc(P(c2ccccc2)c2ccccc2-c2ccccc2P(c2cccc3c2OCO3)c2cccc3c2OCO3)cc1. The van der Waals surface area contributed by atoms with Crippen molar-refractivity contribution in [2.24, 2.45) is 0 Å². The van der Waals surface area contributed by atoms with E-state index >= 15 is 0 Å². The lowest BCUT2D eigenvalue weighted by molar-refractivity contribution is 0.174. The van der Waals surface area contributed by atoms with E-state index in [4.69, 9.17) is 18.9 Å². The lowest BCUT2D eigenvalue weighted by Gasteiger charge is -2.27. The summed E-state index contributed by atoms with van der Waals surface area (Å²) in [6.45, 7) is 0.426. The molecule has 6 aromatic rings. The van der Waals surface area contributed by atoms with Crippen LogP contribution in [-0.2, 0) is 0 Å². The van der Waals surface area contributed by atoms with E-state index in [0.717, 1.165) is 33.6 Å². The monoisotopic (exact) mass is 610 g/mol. The summed E-state index contributed by atoms with van der Waals surface area (Å²) in [5, 5.41) is 7.36. The predicted octanol–water partition coefficient (Wildman–Crippen LogP) is 6.33. The first-order chi connectivity index (χ1) is 21.9. The van der Waals surface area contributed by atoms with E-state index in [9.17, 15) is 0 Å². The molecule has 6 heteroatoms. The van der Waals surface area contributed by atoms with Gasteiger partial charge in [0.2, 0.25) is 13.6 Å². The number of para-hydroxylation sites is 2. The zero-order valence-corrected chi connectivity index (χ0v) is 25.6. The van der Waals surface area contributed by atoms with Gasteiger partial charge < -0.3 is 18.9 Å². The Bertz CT molecular complexity index is 1850. The first-order valence-corrected chi connectivity index (χ1v) is 17.2. The molecule has 0 amide bonds. The van der Waals surface area contributed by atoms with Crippen LogP contribution < -0.4 is 50.8 Å². The Morgan fingerprint density at radius 3 is 1.25 bits per heavy atom. The maximum Gasteiger partial charge on any atom is 0.231 e. The summed E-state index contributed by atoms with van der Waals surface area (Å²) in [6, 6.07) is 51.8. The van der Waals surface area contributed by atoms with Crippen LogP contribution in [0.5, 0.6) is 23.0 Å². The Morgan fingerprint density at radius 2 is 0.750 bits per heavy atom. The predicted molar refractivity (Wildman–Crippen MR) is 182 cm³/mol. The van der Waals surface area contributed by atoms with Crippen LogP contribution in [0, 0.1) is 0 Å². The molecule has 0 radical (unpaired) electrons. The van der Waals surface area contributed by atoms with Gasteiger partial charge in [0.15, 0.2) is 23.0 Å². The maximum atomic E-state index is 6.12. The summed E-state index contributed by atoms with van der Waals surface area (Å²) >= 11 is 0. The minimum Gasteiger partial charge on any atom is -0.454 e. The van der Waals surface area contributed by atoms with Crippen molar-refractivity contribution in [3.63, 3.8) is 0 Å². The third-order valence-electron chi connectivity index (χ3n) is 7.84. The Kier molecular flexibility index (Phi) is 7.24. The number of ether oxygens (including phenoxy) is 4. The standard InChI is InChI=1S/C38H28O4P2/c1-3-13-27(14-4-1)43(28-15-5-2-6-16-28)33-21-9-7-17-29(33)30-18-8-10-22-34(30)44(35-23-11-19-31-37(35)41-25-39-31)36-24-12-20-32-38(36)42-26-40-32/h1-24H,25-26H2. The molecule has 44 heavy (non-hydrogen) atoms. The van der Waals surface area contributed by atoms with E-state index in [1.165, 1.54) is 32.3 Å². The van der Waals surface area contributed by atoms with Gasteiger partial charge in [-0.2, -0.15) is 0 Å². The smallest absolute Gasteiger partial charge is 0.231 e.